The van der Waals surface area contributed by atoms with Crippen molar-refractivity contribution in [3.05, 3.63) is 36.0 Å². The van der Waals surface area contributed by atoms with Gasteiger partial charge in [0, 0.05) is 24.4 Å². The number of benzene rings is 1. The molecular formula is C14H18N2O3S. The summed E-state index contributed by atoms with van der Waals surface area (Å²) in [5.41, 5.74) is 1.26. The molecule has 0 spiro atoms. The molecule has 0 saturated heterocycles. The smallest absolute Gasteiger partial charge is 0.253 e. The summed E-state index contributed by atoms with van der Waals surface area (Å²) in [4.78, 5) is 15.2. The van der Waals surface area contributed by atoms with Crippen LogP contribution >= 0.6 is 0 Å². The first-order valence-electron chi connectivity index (χ1n) is 6.26. The van der Waals surface area contributed by atoms with Crippen molar-refractivity contribution in [1.29, 1.82) is 0 Å². The highest BCUT2D eigenvalue weighted by atomic mass is 32.2. The van der Waals surface area contributed by atoms with Gasteiger partial charge in [-0.1, -0.05) is 12.1 Å². The Morgan fingerprint density at radius 2 is 2.00 bits per heavy atom. The molecule has 20 heavy (non-hydrogen) atoms. The molecule has 1 aromatic carbocycles. The summed E-state index contributed by atoms with van der Waals surface area (Å²) >= 11 is 0. The summed E-state index contributed by atoms with van der Waals surface area (Å²) in [5, 5.41) is 3.63. The van der Waals surface area contributed by atoms with E-state index in [1.807, 2.05) is 12.1 Å². The van der Waals surface area contributed by atoms with Crippen LogP contribution in [0.15, 0.2) is 30.5 Å². The SMILES string of the molecule is CC(C)(CNC(=O)c1cccc2cc[nH]c12)S(C)(=O)=O. The van der Waals surface area contributed by atoms with Crippen LogP contribution in [0.3, 0.4) is 0 Å². The highest BCUT2D eigenvalue weighted by molar-refractivity contribution is 7.92. The molecule has 0 atom stereocenters. The lowest BCUT2D eigenvalue weighted by molar-refractivity contribution is 0.0952. The lowest BCUT2D eigenvalue weighted by atomic mass is 10.1. The number of carbonyl (C=O) groups excluding carboxylic acids is 1. The minimum absolute atomic E-state index is 0.0712. The molecule has 1 amide bonds. The van der Waals surface area contributed by atoms with Gasteiger partial charge in [-0.25, -0.2) is 8.42 Å². The molecular weight excluding hydrogens is 276 g/mol. The molecule has 6 heteroatoms. The molecule has 0 aliphatic heterocycles. The number of hydrogen-bond acceptors (Lipinski definition) is 3. The van der Waals surface area contributed by atoms with Crippen molar-refractivity contribution in [2.24, 2.45) is 0 Å². The van der Waals surface area contributed by atoms with E-state index in [2.05, 4.69) is 10.3 Å². The zero-order chi connectivity index (χ0) is 15.0. The summed E-state index contributed by atoms with van der Waals surface area (Å²) < 4.78 is 22.2. The average molecular weight is 294 g/mol. The third-order valence-electron chi connectivity index (χ3n) is 3.51. The van der Waals surface area contributed by atoms with Crippen LogP contribution in [0.25, 0.3) is 10.9 Å². The van der Waals surface area contributed by atoms with E-state index >= 15 is 0 Å². The number of para-hydroxylation sites is 1. The molecule has 0 aliphatic rings. The number of carbonyl (C=O) groups is 1. The van der Waals surface area contributed by atoms with Crippen LogP contribution in [0.1, 0.15) is 24.2 Å². The third kappa shape index (κ3) is 2.70. The van der Waals surface area contributed by atoms with Crippen LogP contribution in [0, 0.1) is 0 Å². The number of fused-ring (bicyclic) bond motifs is 1. The Labute approximate surface area is 118 Å². The molecule has 1 heterocycles. The van der Waals surface area contributed by atoms with Gasteiger partial charge in [0.1, 0.15) is 0 Å². The van der Waals surface area contributed by atoms with Crippen LogP contribution in [0.2, 0.25) is 0 Å². The van der Waals surface area contributed by atoms with Gasteiger partial charge >= 0.3 is 0 Å². The van der Waals surface area contributed by atoms with E-state index < -0.39 is 14.6 Å². The summed E-state index contributed by atoms with van der Waals surface area (Å²) in [6.07, 6.45) is 2.94. The van der Waals surface area contributed by atoms with Crippen molar-refractivity contribution in [1.82, 2.24) is 10.3 Å². The Balaban J connectivity index is 2.20. The van der Waals surface area contributed by atoms with Gasteiger partial charge < -0.3 is 10.3 Å². The fourth-order valence-electron chi connectivity index (χ4n) is 1.79. The summed E-state index contributed by atoms with van der Waals surface area (Å²) in [7, 11) is -3.23. The van der Waals surface area contributed by atoms with Gasteiger partial charge in [0.2, 0.25) is 0 Å². The number of rotatable bonds is 4. The van der Waals surface area contributed by atoms with Gasteiger partial charge in [0.15, 0.2) is 9.84 Å². The number of H-pyrrole nitrogens is 1. The summed E-state index contributed by atoms with van der Waals surface area (Å²) in [6, 6.07) is 7.30. The second-order valence-corrected chi connectivity index (χ2v) is 8.11. The van der Waals surface area contributed by atoms with E-state index in [-0.39, 0.29) is 12.5 Å². The second kappa shape index (κ2) is 4.94. The van der Waals surface area contributed by atoms with Gasteiger partial charge in [-0.15, -0.1) is 0 Å². The lowest BCUT2D eigenvalue weighted by Crippen LogP contribution is -2.43. The van der Waals surface area contributed by atoms with Crippen molar-refractivity contribution in [2.45, 2.75) is 18.6 Å². The maximum atomic E-state index is 12.2. The van der Waals surface area contributed by atoms with Gasteiger partial charge in [-0.05, 0) is 26.0 Å². The standard InChI is InChI=1S/C14H18N2O3S/c1-14(2,20(3,18)19)9-16-13(17)11-6-4-5-10-7-8-15-12(10)11/h4-8,15H,9H2,1-3H3,(H,16,17). The molecule has 2 rings (SSSR count). The molecule has 5 nitrogen and oxygen atoms in total. The topological polar surface area (TPSA) is 79.0 Å². The molecule has 2 N–H and O–H groups in total. The first-order chi connectivity index (χ1) is 9.22. The summed E-state index contributed by atoms with van der Waals surface area (Å²) in [6.45, 7) is 3.26. The molecule has 0 aliphatic carbocycles. The van der Waals surface area contributed by atoms with Gasteiger partial charge in [0.05, 0.1) is 15.8 Å². The number of aromatic nitrogens is 1. The van der Waals surface area contributed by atoms with Crippen molar-refractivity contribution in [3.63, 3.8) is 0 Å². The number of nitrogens with one attached hydrogen (secondary N) is 2. The summed E-state index contributed by atoms with van der Waals surface area (Å²) in [5.74, 6) is -0.283. The van der Waals surface area contributed by atoms with Crippen molar-refractivity contribution in [3.8, 4) is 0 Å². The van der Waals surface area contributed by atoms with E-state index in [0.29, 0.717) is 5.56 Å². The van der Waals surface area contributed by atoms with Crippen LogP contribution in [-0.4, -0.2) is 36.9 Å². The first kappa shape index (κ1) is 14.6. The lowest BCUT2D eigenvalue weighted by Gasteiger charge is -2.22. The predicted molar refractivity (Wildman–Crippen MR) is 79.6 cm³/mol. The molecule has 0 saturated carbocycles. The number of amides is 1. The van der Waals surface area contributed by atoms with Crippen LogP contribution < -0.4 is 5.32 Å². The van der Waals surface area contributed by atoms with Crippen molar-refractivity contribution in [2.75, 3.05) is 12.8 Å². The Kier molecular flexibility index (Phi) is 3.60. The van der Waals surface area contributed by atoms with E-state index in [0.717, 1.165) is 10.9 Å². The van der Waals surface area contributed by atoms with Gasteiger partial charge in [-0.2, -0.15) is 0 Å². The van der Waals surface area contributed by atoms with Crippen molar-refractivity contribution < 1.29 is 13.2 Å². The number of sulfone groups is 1. The van der Waals surface area contributed by atoms with Crippen molar-refractivity contribution >= 4 is 26.6 Å². The molecule has 108 valence electrons. The zero-order valence-electron chi connectivity index (χ0n) is 11.7. The number of aromatic amines is 1. The third-order valence-corrected chi connectivity index (χ3v) is 5.66. The fourth-order valence-corrected chi connectivity index (χ4v) is 2.13. The van der Waals surface area contributed by atoms with E-state index in [1.165, 1.54) is 6.26 Å². The maximum Gasteiger partial charge on any atom is 0.253 e. The van der Waals surface area contributed by atoms with Crippen LogP contribution in [0.4, 0.5) is 0 Å². The van der Waals surface area contributed by atoms with Gasteiger partial charge in [0.25, 0.3) is 5.91 Å². The van der Waals surface area contributed by atoms with Crippen LogP contribution in [0.5, 0.6) is 0 Å². The monoisotopic (exact) mass is 294 g/mol. The van der Waals surface area contributed by atoms with E-state index in [1.54, 1.807) is 32.2 Å². The molecule has 0 bridgehead atoms. The predicted octanol–water partition coefficient (Wildman–Crippen LogP) is 1.72. The highest BCUT2D eigenvalue weighted by Gasteiger charge is 2.30. The molecule has 0 fully saturated rings. The number of hydrogen-bond donors (Lipinski definition) is 2. The largest absolute Gasteiger partial charge is 0.361 e. The minimum Gasteiger partial charge on any atom is -0.361 e. The first-order valence-corrected chi connectivity index (χ1v) is 8.15. The minimum atomic E-state index is -3.23. The highest BCUT2D eigenvalue weighted by Crippen LogP contribution is 2.18. The Morgan fingerprint density at radius 1 is 1.30 bits per heavy atom. The van der Waals surface area contributed by atoms with Gasteiger partial charge in [-0.3, -0.25) is 4.79 Å². The Morgan fingerprint density at radius 3 is 2.65 bits per heavy atom. The molecule has 2 aromatic rings. The average Bonchev–Trinajstić information content (AvgIpc) is 2.82. The molecule has 0 radical (unpaired) electrons. The normalized spacial score (nSPS) is 12.6. The second-order valence-electron chi connectivity index (χ2n) is 5.46. The Bertz CT molecular complexity index is 745. The van der Waals surface area contributed by atoms with Crippen LogP contribution in [-0.2, 0) is 9.84 Å². The fraction of sp³-hybridized carbons (Fsp3) is 0.357. The van der Waals surface area contributed by atoms with E-state index in [4.69, 9.17) is 0 Å². The quantitative estimate of drug-likeness (QED) is 0.901. The zero-order valence-corrected chi connectivity index (χ0v) is 12.5. The van der Waals surface area contributed by atoms with E-state index in [9.17, 15) is 13.2 Å². The molecule has 1 aromatic heterocycles. The maximum absolute atomic E-state index is 12.2. The molecule has 0 unspecified atom stereocenters. The Hall–Kier alpha value is -1.82.